The SMILES string of the molecule is COCNC(=O)[C@@H]1C[C@H]1c1ccccn1. The summed E-state index contributed by atoms with van der Waals surface area (Å²) in [4.78, 5) is 15.8. The number of methoxy groups -OCH3 is 1. The lowest BCUT2D eigenvalue weighted by Crippen LogP contribution is -2.27. The lowest BCUT2D eigenvalue weighted by atomic mass is 10.2. The molecule has 0 spiro atoms. The van der Waals surface area contributed by atoms with E-state index in [4.69, 9.17) is 4.74 Å². The first-order chi connectivity index (χ1) is 7.33. The Kier molecular flexibility index (Phi) is 2.97. The number of rotatable bonds is 4. The molecule has 0 aliphatic heterocycles. The van der Waals surface area contributed by atoms with Crippen LogP contribution in [0.4, 0.5) is 0 Å². The Bertz CT molecular complexity index is 340. The second kappa shape index (κ2) is 4.40. The van der Waals surface area contributed by atoms with E-state index in [-0.39, 0.29) is 18.6 Å². The maximum atomic E-state index is 11.5. The average molecular weight is 206 g/mol. The number of nitrogens with zero attached hydrogens (tertiary/aromatic N) is 1. The molecule has 0 saturated heterocycles. The lowest BCUT2D eigenvalue weighted by Gasteiger charge is -2.02. The Morgan fingerprint density at radius 3 is 3.20 bits per heavy atom. The van der Waals surface area contributed by atoms with E-state index in [0.29, 0.717) is 5.92 Å². The highest BCUT2D eigenvalue weighted by molar-refractivity contribution is 5.82. The first kappa shape index (κ1) is 10.1. The molecule has 4 heteroatoms. The van der Waals surface area contributed by atoms with Gasteiger partial charge in [-0.2, -0.15) is 0 Å². The normalized spacial score (nSPS) is 23.5. The van der Waals surface area contributed by atoms with E-state index >= 15 is 0 Å². The van der Waals surface area contributed by atoms with Crippen molar-refractivity contribution in [1.82, 2.24) is 10.3 Å². The maximum absolute atomic E-state index is 11.5. The van der Waals surface area contributed by atoms with Gasteiger partial charge in [-0.3, -0.25) is 9.78 Å². The molecule has 1 fully saturated rings. The minimum absolute atomic E-state index is 0.0625. The molecular formula is C11H14N2O2. The number of aromatic nitrogens is 1. The standard InChI is InChI=1S/C11H14N2O2/c1-15-7-13-11(14)9-6-8(9)10-4-2-3-5-12-10/h2-5,8-9H,6-7H2,1H3,(H,13,14)/t8-,9-/m1/s1. The lowest BCUT2D eigenvalue weighted by molar-refractivity contribution is -0.123. The molecule has 0 radical (unpaired) electrons. The maximum Gasteiger partial charge on any atom is 0.225 e. The highest BCUT2D eigenvalue weighted by Crippen LogP contribution is 2.46. The van der Waals surface area contributed by atoms with Crippen LogP contribution in [-0.2, 0) is 9.53 Å². The molecule has 0 unspecified atom stereocenters. The van der Waals surface area contributed by atoms with Crippen LogP contribution in [0.2, 0.25) is 0 Å². The second-order valence-electron chi connectivity index (χ2n) is 3.68. The zero-order valence-corrected chi connectivity index (χ0v) is 8.64. The molecule has 1 amide bonds. The second-order valence-corrected chi connectivity index (χ2v) is 3.68. The molecule has 0 aromatic carbocycles. The number of carbonyl (C=O) groups is 1. The Balaban J connectivity index is 1.88. The van der Waals surface area contributed by atoms with E-state index in [2.05, 4.69) is 10.3 Å². The van der Waals surface area contributed by atoms with Crippen molar-refractivity contribution in [3.05, 3.63) is 30.1 Å². The third-order valence-corrected chi connectivity index (χ3v) is 2.59. The largest absolute Gasteiger partial charge is 0.364 e. The molecule has 2 rings (SSSR count). The van der Waals surface area contributed by atoms with E-state index in [0.717, 1.165) is 12.1 Å². The summed E-state index contributed by atoms with van der Waals surface area (Å²) in [5, 5.41) is 2.71. The van der Waals surface area contributed by atoms with E-state index < -0.39 is 0 Å². The minimum Gasteiger partial charge on any atom is -0.364 e. The zero-order valence-electron chi connectivity index (χ0n) is 8.64. The molecule has 1 heterocycles. The molecule has 4 nitrogen and oxygen atoms in total. The summed E-state index contributed by atoms with van der Waals surface area (Å²) in [6.45, 7) is 0.282. The molecule has 80 valence electrons. The third-order valence-electron chi connectivity index (χ3n) is 2.59. The summed E-state index contributed by atoms with van der Waals surface area (Å²) in [5.74, 6) is 0.436. The van der Waals surface area contributed by atoms with Crippen LogP contribution in [0, 0.1) is 5.92 Å². The Labute approximate surface area is 88.7 Å². The summed E-state index contributed by atoms with van der Waals surface area (Å²) < 4.78 is 4.78. The van der Waals surface area contributed by atoms with Gasteiger partial charge in [-0.25, -0.2) is 0 Å². The van der Waals surface area contributed by atoms with Gasteiger partial charge in [-0.05, 0) is 18.6 Å². The van der Waals surface area contributed by atoms with Gasteiger partial charge in [0.1, 0.15) is 6.73 Å². The minimum atomic E-state index is 0.0625. The van der Waals surface area contributed by atoms with Crippen LogP contribution in [-0.4, -0.2) is 24.7 Å². The van der Waals surface area contributed by atoms with Crippen molar-refractivity contribution >= 4 is 5.91 Å². The quantitative estimate of drug-likeness (QED) is 0.745. The molecule has 2 atom stereocenters. The van der Waals surface area contributed by atoms with Gasteiger partial charge in [0, 0.05) is 30.8 Å². The third kappa shape index (κ3) is 2.33. The predicted octanol–water partition coefficient (Wildman–Crippen LogP) is 0.905. The van der Waals surface area contributed by atoms with Crippen LogP contribution in [0.3, 0.4) is 0 Å². The molecule has 15 heavy (non-hydrogen) atoms. The Hall–Kier alpha value is -1.42. The van der Waals surface area contributed by atoms with Gasteiger partial charge in [0.25, 0.3) is 0 Å². The average Bonchev–Trinajstić information content (AvgIpc) is 3.07. The van der Waals surface area contributed by atoms with Crippen molar-refractivity contribution in [2.45, 2.75) is 12.3 Å². The van der Waals surface area contributed by atoms with Crippen LogP contribution >= 0.6 is 0 Å². The van der Waals surface area contributed by atoms with E-state index in [9.17, 15) is 4.79 Å². The summed E-state index contributed by atoms with van der Waals surface area (Å²) in [5.41, 5.74) is 1.01. The fourth-order valence-electron chi connectivity index (χ4n) is 1.68. The van der Waals surface area contributed by atoms with E-state index in [1.807, 2.05) is 18.2 Å². The van der Waals surface area contributed by atoms with Crippen molar-refractivity contribution in [3.8, 4) is 0 Å². The van der Waals surface area contributed by atoms with Gasteiger partial charge < -0.3 is 10.1 Å². The van der Waals surface area contributed by atoms with Crippen molar-refractivity contribution in [3.63, 3.8) is 0 Å². The summed E-state index contributed by atoms with van der Waals surface area (Å²) in [6, 6.07) is 5.80. The van der Waals surface area contributed by atoms with Crippen LogP contribution in [0.15, 0.2) is 24.4 Å². The fourth-order valence-corrected chi connectivity index (χ4v) is 1.68. The molecule has 0 bridgehead atoms. The Morgan fingerprint density at radius 2 is 2.53 bits per heavy atom. The van der Waals surface area contributed by atoms with Crippen molar-refractivity contribution < 1.29 is 9.53 Å². The highest BCUT2D eigenvalue weighted by Gasteiger charge is 2.44. The summed E-state index contributed by atoms with van der Waals surface area (Å²) >= 11 is 0. The van der Waals surface area contributed by atoms with Gasteiger partial charge in [0.05, 0.1) is 0 Å². The number of carbonyl (C=O) groups excluding carboxylic acids is 1. The molecule has 1 aromatic rings. The van der Waals surface area contributed by atoms with Crippen LogP contribution in [0.1, 0.15) is 18.0 Å². The van der Waals surface area contributed by atoms with Crippen LogP contribution in [0.25, 0.3) is 0 Å². The topological polar surface area (TPSA) is 51.2 Å². The zero-order chi connectivity index (χ0) is 10.7. The number of nitrogens with one attached hydrogen (secondary N) is 1. The number of pyridine rings is 1. The number of amides is 1. The molecule has 1 N–H and O–H groups in total. The van der Waals surface area contributed by atoms with Crippen molar-refractivity contribution in [1.29, 1.82) is 0 Å². The predicted molar refractivity (Wildman–Crippen MR) is 55.1 cm³/mol. The first-order valence-electron chi connectivity index (χ1n) is 5.00. The molecule has 1 saturated carbocycles. The van der Waals surface area contributed by atoms with Gasteiger partial charge in [-0.15, -0.1) is 0 Å². The van der Waals surface area contributed by atoms with E-state index in [1.165, 1.54) is 0 Å². The highest BCUT2D eigenvalue weighted by atomic mass is 16.5. The van der Waals surface area contributed by atoms with Gasteiger partial charge in [0.2, 0.25) is 5.91 Å². The first-order valence-corrected chi connectivity index (χ1v) is 5.00. The van der Waals surface area contributed by atoms with Gasteiger partial charge >= 0.3 is 0 Å². The number of hydrogen-bond acceptors (Lipinski definition) is 3. The number of ether oxygens (including phenoxy) is 1. The smallest absolute Gasteiger partial charge is 0.225 e. The molecule has 1 aromatic heterocycles. The van der Waals surface area contributed by atoms with Crippen LogP contribution in [0.5, 0.6) is 0 Å². The fraction of sp³-hybridized carbons (Fsp3) is 0.455. The van der Waals surface area contributed by atoms with Crippen molar-refractivity contribution in [2.75, 3.05) is 13.8 Å². The molecule has 1 aliphatic carbocycles. The Morgan fingerprint density at radius 1 is 1.67 bits per heavy atom. The van der Waals surface area contributed by atoms with E-state index in [1.54, 1.807) is 13.3 Å². The number of hydrogen-bond donors (Lipinski definition) is 1. The molecular weight excluding hydrogens is 192 g/mol. The van der Waals surface area contributed by atoms with Gasteiger partial charge in [0.15, 0.2) is 0 Å². The summed E-state index contributed by atoms with van der Waals surface area (Å²) in [7, 11) is 1.56. The monoisotopic (exact) mass is 206 g/mol. The van der Waals surface area contributed by atoms with Crippen molar-refractivity contribution in [2.24, 2.45) is 5.92 Å². The molecule has 1 aliphatic rings. The van der Waals surface area contributed by atoms with Crippen LogP contribution < -0.4 is 5.32 Å². The van der Waals surface area contributed by atoms with Gasteiger partial charge in [-0.1, -0.05) is 6.07 Å². The summed E-state index contributed by atoms with van der Waals surface area (Å²) in [6.07, 6.45) is 2.66.